The van der Waals surface area contributed by atoms with E-state index in [-0.39, 0.29) is 0 Å². The fourth-order valence-corrected chi connectivity index (χ4v) is 6.52. The van der Waals surface area contributed by atoms with Gasteiger partial charge in [0.2, 0.25) is 0 Å². The van der Waals surface area contributed by atoms with Crippen LogP contribution >= 0.6 is 0 Å². The number of benzene rings is 8. The van der Waals surface area contributed by atoms with E-state index in [4.69, 9.17) is 0 Å². The average molecular weight is 637 g/mol. The van der Waals surface area contributed by atoms with Gasteiger partial charge in [-0.05, 0) is 163 Å². The summed E-state index contributed by atoms with van der Waals surface area (Å²) < 4.78 is 0. The summed E-state index contributed by atoms with van der Waals surface area (Å²) in [7, 11) is 0. The lowest BCUT2D eigenvalue weighted by Crippen LogP contribution is -1.83. The zero-order chi connectivity index (χ0) is 33.9. The van der Waals surface area contributed by atoms with E-state index in [1.54, 1.807) is 0 Å². The van der Waals surface area contributed by atoms with Crippen molar-refractivity contribution >= 4 is 55.2 Å². The molecule has 0 aliphatic carbocycles. The Morgan fingerprint density at radius 2 is 0.640 bits per heavy atom. The van der Waals surface area contributed by atoms with Gasteiger partial charge in [0, 0.05) is 22.3 Å². The van der Waals surface area contributed by atoms with Crippen molar-refractivity contribution in [3.05, 3.63) is 190 Å². The average Bonchev–Trinajstić information content (AvgIpc) is 3.17. The molecule has 0 aliphatic rings. The van der Waals surface area contributed by atoms with Crippen LogP contribution in [0.2, 0.25) is 0 Å². The van der Waals surface area contributed by atoms with Crippen LogP contribution in [0.4, 0.5) is 0 Å². The summed E-state index contributed by atoms with van der Waals surface area (Å²) in [5.41, 5.74) is 9.18. The smallest absolute Gasteiger partial charge is 0.0255 e. The van der Waals surface area contributed by atoms with Crippen molar-refractivity contribution in [3.8, 4) is 23.7 Å². The van der Waals surface area contributed by atoms with Crippen molar-refractivity contribution < 1.29 is 0 Å². The molecule has 0 heterocycles. The molecule has 50 heavy (non-hydrogen) atoms. The number of fused-ring (bicyclic) bond motifs is 4. The fourth-order valence-electron chi connectivity index (χ4n) is 6.52. The minimum Gasteiger partial charge on any atom is -0.0617 e. The molecule has 0 bridgehead atoms. The summed E-state index contributed by atoms with van der Waals surface area (Å²) in [6, 6.07) is 52.5. The third kappa shape index (κ3) is 6.80. The third-order valence-electron chi connectivity index (χ3n) is 9.53. The molecule has 0 aliphatic heterocycles. The van der Waals surface area contributed by atoms with Gasteiger partial charge < -0.3 is 0 Å². The second-order valence-corrected chi connectivity index (χ2v) is 13.0. The molecule has 8 aromatic carbocycles. The van der Waals surface area contributed by atoms with Crippen LogP contribution in [0, 0.1) is 23.7 Å². The van der Waals surface area contributed by atoms with Crippen LogP contribution in [0.5, 0.6) is 0 Å². The van der Waals surface area contributed by atoms with Gasteiger partial charge in [-0.15, -0.1) is 0 Å². The lowest BCUT2D eigenvalue weighted by atomic mass is 9.99. The van der Waals surface area contributed by atoms with E-state index in [9.17, 15) is 0 Å². The Hall–Kier alpha value is -6.34. The standard InChI is InChI=1S/C50H36/c1-3-35-5-9-37(10-6-35)13-15-39-19-23-43-33-49-29-41(21-25-45(49)31-47(43)27-39)17-18-42-22-26-46-32-48-28-40(20-24-44(48)34-50(46)30-42)16-14-38-11-7-36(4-2)8-12-38/h5-12,17-34H,3-4H2,1-2H3/b18-17+. The Morgan fingerprint density at radius 3 is 1.02 bits per heavy atom. The molecule has 236 valence electrons. The Labute approximate surface area is 294 Å². The lowest BCUT2D eigenvalue weighted by molar-refractivity contribution is 1.14. The highest BCUT2D eigenvalue weighted by atomic mass is 14.1. The van der Waals surface area contributed by atoms with Crippen LogP contribution in [-0.4, -0.2) is 0 Å². The summed E-state index contributed by atoms with van der Waals surface area (Å²) in [5.74, 6) is 13.3. The van der Waals surface area contributed by atoms with Crippen LogP contribution in [0.1, 0.15) is 58.4 Å². The first kappa shape index (κ1) is 31.0. The molecule has 0 saturated carbocycles. The zero-order valence-corrected chi connectivity index (χ0v) is 28.4. The van der Waals surface area contributed by atoms with Crippen LogP contribution in [0.3, 0.4) is 0 Å². The SMILES string of the molecule is CCc1ccc(C#Cc2ccc3cc4cc(/C=C/c5ccc6cc7cc(C#Cc8ccc(CC)cc8)ccc7cc6c5)ccc4cc3c2)cc1. The molecule has 0 amide bonds. The van der Waals surface area contributed by atoms with Crippen molar-refractivity contribution in [1.82, 2.24) is 0 Å². The third-order valence-corrected chi connectivity index (χ3v) is 9.53. The molecule has 8 aromatic rings. The van der Waals surface area contributed by atoms with Crippen LogP contribution in [-0.2, 0) is 12.8 Å². The van der Waals surface area contributed by atoms with E-state index in [0.717, 1.165) is 35.1 Å². The minimum atomic E-state index is 1.03. The maximum Gasteiger partial charge on any atom is 0.0255 e. The van der Waals surface area contributed by atoms with Gasteiger partial charge in [-0.3, -0.25) is 0 Å². The van der Waals surface area contributed by atoms with Crippen LogP contribution in [0.15, 0.2) is 146 Å². The Morgan fingerprint density at radius 1 is 0.320 bits per heavy atom. The molecule has 0 fully saturated rings. The van der Waals surface area contributed by atoms with E-state index in [1.807, 2.05) is 0 Å². The Balaban J connectivity index is 1.00. The van der Waals surface area contributed by atoms with Crippen molar-refractivity contribution in [3.63, 3.8) is 0 Å². The molecule has 0 saturated heterocycles. The molecule has 0 spiro atoms. The number of hydrogen-bond acceptors (Lipinski definition) is 0. The van der Waals surface area contributed by atoms with Gasteiger partial charge in [-0.25, -0.2) is 0 Å². The van der Waals surface area contributed by atoms with E-state index in [0.29, 0.717) is 0 Å². The van der Waals surface area contributed by atoms with Gasteiger partial charge in [0.1, 0.15) is 0 Å². The van der Waals surface area contributed by atoms with Gasteiger partial charge in [0.15, 0.2) is 0 Å². The highest BCUT2D eigenvalue weighted by Crippen LogP contribution is 2.28. The fraction of sp³-hybridized carbons (Fsp3) is 0.0800. The molecule has 0 unspecified atom stereocenters. The summed E-state index contributed by atoms with van der Waals surface area (Å²) in [6.07, 6.45) is 6.50. The predicted molar refractivity (Wildman–Crippen MR) is 215 cm³/mol. The lowest BCUT2D eigenvalue weighted by Gasteiger charge is -2.06. The Kier molecular flexibility index (Phi) is 8.45. The van der Waals surface area contributed by atoms with E-state index in [2.05, 4.69) is 195 Å². The van der Waals surface area contributed by atoms with Crippen LogP contribution < -0.4 is 0 Å². The van der Waals surface area contributed by atoms with Gasteiger partial charge in [0.05, 0.1) is 0 Å². The molecule has 0 atom stereocenters. The van der Waals surface area contributed by atoms with Gasteiger partial charge in [-0.2, -0.15) is 0 Å². The molecule has 8 rings (SSSR count). The summed E-state index contributed by atoms with van der Waals surface area (Å²) in [5, 5.41) is 9.78. The highest BCUT2D eigenvalue weighted by Gasteiger charge is 2.03. The zero-order valence-electron chi connectivity index (χ0n) is 28.4. The summed E-state index contributed by atoms with van der Waals surface area (Å²) in [6.45, 7) is 4.34. The minimum absolute atomic E-state index is 1.03. The van der Waals surface area contributed by atoms with Gasteiger partial charge in [-0.1, -0.05) is 110 Å². The number of rotatable bonds is 4. The van der Waals surface area contributed by atoms with Crippen molar-refractivity contribution in [2.75, 3.05) is 0 Å². The van der Waals surface area contributed by atoms with Crippen molar-refractivity contribution in [2.24, 2.45) is 0 Å². The summed E-state index contributed by atoms with van der Waals surface area (Å²) >= 11 is 0. The van der Waals surface area contributed by atoms with Gasteiger partial charge in [0.25, 0.3) is 0 Å². The molecular weight excluding hydrogens is 601 g/mol. The monoisotopic (exact) mass is 636 g/mol. The number of hydrogen-bond donors (Lipinski definition) is 0. The second-order valence-electron chi connectivity index (χ2n) is 13.0. The first-order valence-electron chi connectivity index (χ1n) is 17.4. The van der Waals surface area contributed by atoms with E-state index < -0.39 is 0 Å². The first-order chi connectivity index (χ1) is 24.6. The first-order valence-corrected chi connectivity index (χ1v) is 17.4. The van der Waals surface area contributed by atoms with Gasteiger partial charge >= 0.3 is 0 Å². The quantitative estimate of drug-likeness (QED) is 0.102. The van der Waals surface area contributed by atoms with E-state index in [1.165, 1.54) is 65.3 Å². The maximum absolute atomic E-state index is 3.35. The maximum atomic E-state index is 3.35. The predicted octanol–water partition coefficient (Wildman–Crippen LogP) is 12.4. The van der Waals surface area contributed by atoms with Crippen molar-refractivity contribution in [2.45, 2.75) is 26.7 Å². The molecular formula is C50H36. The Bertz CT molecular complexity index is 2510. The van der Waals surface area contributed by atoms with E-state index >= 15 is 0 Å². The molecule has 0 heteroatoms. The largest absolute Gasteiger partial charge is 0.0617 e. The topological polar surface area (TPSA) is 0 Å². The molecule has 0 nitrogen and oxygen atoms in total. The van der Waals surface area contributed by atoms with Crippen molar-refractivity contribution in [1.29, 1.82) is 0 Å². The summed E-state index contributed by atoms with van der Waals surface area (Å²) in [4.78, 5) is 0. The molecule has 0 radical (unpaired) electrons. The van der Waals surface area contributed by atoms with Crippen LogP contribution in [0.25, 0.3) is 55.2 Å². The second kappa shape index (κ2) is 13.6. The number of aryl methyl sites for hydroxylation is 2. The normalized spacial score (nSPS) is 11.2. The molecule has 0 aromatic heterocycles. The highest BCUT2D eigenvalue weighted by molar-refractivity contribution is 6.01. The molecule has 0 N–H and O–H groups in total.